The van der Waals surface area contributed by atoms with E-state index in [0.717, 1.165) is 29.3 Å². The molecule has 2 N–H and O–H groups in total. The van der Waals surface area contributed by atoms with Gasteiger partial charge in [-0.1, -0.05) is 46.3 Å². The van der Waals surface area contributed by atoms with Crippen LogP contribution in [0.15, 0.2) is 62.9 Å². The van der Waals surface area contributed by atoms with Crippen LogP contribution in [0.2, 0.25) is 0 Å². The topological polar surface area (TPSA) is 127 Å². The summed E-state index contributed by atoms with van der Waals surface area (Å²) in [7, 11) is 0. The fourth-order valence-electron chi connectivity index (χ4n) is 3.01. The van der Waals surface area contributed by atoms with Gasteiger partial charge in [0.15, 0.2) is 0 Å². The van der Waals surface area contributed by atoms with Gasteiger partial charge in [0.25, 0.3) is 5.56 Å². The van der Waals surface area contributed by atoms with Crippen molar-refractivity contribution in [3.63, 3.8) is 0 Å². The molecule has 0 fully saturated rings. The Kier molecular flexibility index (Phi) is 8.75. The van der Waals surface area contributed by atoms with E-state index >= 15 is 0 Å². The van der Waals surface area contributed by atoms with Gasteiger partial charge in [0.1, 0.15) is 17.4 Å². The Morgan fingerprint density at radius 2 is 1.97 bits per heavy atom. The van der Waals surface area contributed by atoms with E-state index in [9.17, 15) is 10.1 Å². The van der Waals surface area contributed by atoms with Crippen LogP contribution in [0, 0.1) is 22.7 Å². The van der Waals surface area contributed by atoms with Gasteiger partial charge in [-0.15, -0.1) is 0 Å². The van der Waals surface area contributed by atoms with Crippen LogP contribution in [-0.2, 0) is 0 Å². The molecule has 2 aromatic carbocycles. The van der Waals surface area contributed by atoms with E-state index < -0.39 is 5.56 Å². The van der Waals surface area contributed by atoms with E-state index in [1.165, 1.54) is 0 Å². The molecule has 33 heavy (non-hydrogen) atoms. The van der Waals surface area contributed by atoms with E-state index in [0.29, 0.717) is 24.3 Å². The number of benzene rings is 2. The highest BCUT2D eigenvalue weighted by atomic mass is 79.9. The molecule has 0 saturated heterocycles. The number of anilines is 1. The van der Waals surface area contributed by atoms with E-state index in [2.05, 4.69) is 42.5 Å². The van der Waals surface area contributed by atoms with Gasteiger partial charge in [-0.05, 0) is 37.5 Å². The number of halogens is 1. The molecule has 9 heteroatoms. The molecule has 0 unspecified atom stereocenters. The van der Waals surface area contributed by atoms with Crippen molar-refractivity contribution in [2.75, 3.05) is 12.0 Å². The van der Waals surface area contributed by atoms with Crippen LogP contribution in [0.25, 0.3) is 11.3 Å². The Hall–Kier alpha value is -3.95. The molecule has 3 aromatic rings. The molecule has 0 radical (unpaired) electrons. The molecule has 0 spiro atoms. The van der Waals surface area contributed by atoms with E-state index in [-0.39, 0.29) is 17.2 Å². The van der Waals surface area contributed by atoms with Crippen molar-refractivity contribution in [3.8, 4) is 29.1 Å². The number of aromatic amines is 1. The number of nitrogens with one attached hydrogen (secondary N) is 2. The lowest BCUT2D eigenvalue weighted by molar-refractivity contribution is 0.305. The molecule has 1 heterocycles. The summed E-state index contributed by atoms with van der Waals surface area (Å²) in [5.74, 6) is 0.777. The maximum atomic E-state index is 12.4. The summed E-state index contributed by atoms with van der Waals surface area (Å²) in [6, 6.07) is 18.6. The van der Waals surface area contributed by atoms with E-state index in [1.807, 2.05) is 42.5 Å². The highest BCUT2D eigenvalue weighted by molar-refractivity contribution is 9.10. The molecule has 8 nitrogen and oxygen atoms in total. The van der Waals surface area contributed by atoms with Crippen molar-refractivity contribution in [2.24, 2.45) is 5.10 Å². The van der Waals surface area contributed by atoms with Crippen molar-refractivity contribution in [3.05, 3.63) is 74.5 Å². The summed E-state index contributed by atoms with van der Waals surface area (Å²) in [5.41, 5.74) is 3.78. The standard InChI is InChI=1S/C24H21BrN6O2/c25-19-10-11-21(33-13-7-2-1-6-12-26)18(14-19)16-28-31-24-29-22(17-8-4-3-5-9-17)20(15-27)23(32)30-24/h3-5,8-11,14,16H,1-2,6-7,13H2,(H2,29,30,31,32). The van der Waals surface area contributed by atoms with Crippen LogP contribution in [-0.4, -0.2) is 22.8 Å². The van der Waals surface area contributed by atoms with Crippen molar-refractivity contribution >= 4 is 28.1 Å². The Bertz CT molecular complexity index is 1260. The minimum Gasteiger partial charge on any atom is -0.493 e. The first kappa shape index (κ1) is 23.7. The lowest BCUT2D eigenvalue weighted by Crippen LogP contribution is -2.16. The Labute approximate surface area is 199 Å². The summed E-state index contributed by atoms with van der Waals surface area (Å²) < 4.78 is 6.73. The van der Waals surface area contributed by atoms with Gasteiger partial charge in [0, 0.05) is 22.0 Å². The Morgan fingerprint density at radius 1 is 1.15 bits per heavy atom. The molecule has 0 bridgehead atoms. The zero-order chi connectivity index (χ0) is 23.5. The predicted octanol–water partition coefficient (Wildman–Crippen LogP) is 4.98. The number of H-pyrrole nitrogens is 1. The van der Waals surface area contributed by atoms with Gasteiger partial charge in [0.2, 0.25) is 5.95 Å². The number of unbranched alkanes of at least 4 members (excludes halogenated alkanes) is 3. The maximum Gasteiger partial charge on any atom is 0.270 e. The molecular weight excluding hydrogens is 484 g/mol. The number of rotatable bonds is 10. The number of aromatic nitrogens is 2. The van der Waals surface area contributed by atoms with Crippen molar-refractivity contribution in [2.45, 2.75) is 25.7 Å². The van der Waals surface area contributed by atoms with Crippen LogP contribution >= 0.6 is 15.9 Å². The SMILES string of the molecule is N#CCCCCCOc1ccc(Br)cc1C=NNc1nc(-c2ccccc2)c(C#N)c(=O)[nH]1. The van der Waals surface area contributed by atoms with E-state index in [1.54, 1.807) is 18.3 Å². The van der Waals surface area contributed by atoms with Crippen molar-refractivity contribution in [1.29, 1.82) is 10.5 Å². The number of hydrazone groups is 1. The minimum absolute atomic E-state index is 0.0619. The molecule has 0 amide bonds. The summed E-state index contributed by atoms with van der Waals surface area (Å²) in [4.78, 5) is 19.3. The lowest BCUT2D eigenvalue weighted by Gasteiger charge is -2.09. The smallest absolute Gasteiger partial charge is 0.270 e. The summed E-state index contributed by atoms with van der Waals surface area (Å²) in [6.07, 6.45) is 4.76. The highest BCUT2D eigenvalue weighted by Gasteiger charge is 2.13. The molecule has 0 aliphatic rings. The van der Waals surface area contributed by atoms with Gasteiger partial charge < -0.3 is 4.74 Å². The number of hydrogen-bond acceptors (Lipinski definition) is 7. The highest BCUT2D eigenvalue weighted by Crippen LogP contribution is 2.23. The summed E-state index contributed by atoms with van der Waals surface area (Å²) in [5, 5.41) is 22.2. The minimum atomic E-state index is -0.549. The predicted molar refractivity (Wildman–Crippen MR) is 130 cm³/mol. The third-order valence-corrected chi connectivity index (χ3v) is 5.11. The molecule has 3 rings (SSSR count). The normalized spacial score (nSPS) is 10.5. The molecule has 1 aromatic heterocycles. The van der Waals surface area contributed by atoms with Crippen LogP contribution in [0.4, 0.5) is 5.95 Å². The van der Waals surface area contributed by atoms with Gasteiger partial charge in [-0.3, -0.25) is 9.78 Å². The second-order valence-corrected chi connectivity index (χ2v) is 7.90. The fourth-order valence-corrected chi connectivity index (χ4v) is 3.39. The van der Waals surface area contributed by atoms with Gasteiger partial charge >= 0.3 is 0 Å². The van der Waals surface area contributed by atoms with Crippen molar-refractivity contribution < 1.29 is 4.74 Å². The summed E-state index contributed by atoms with van der Waals surface area (Å²) >= 11 is 3.45. The van der Waals surface area contributed by atoms with Crippen LogP contribution in [0.5, 0.6) is 5.75 Å². The number of ether oxygens (including phenoxy) is 1. The second kappa shape index (κ2) is 12.2. The zero-order valence-electron chi connectivity index (χ0n) is 17.7. The average molecular weight is 505 g/mol. The van der Waals surface area contributed by atoms with Crippen LogP contribution < -0.4 is 15.7 Å². The van der Waals surface area contributed by atoms with Crippen LogP contribution in [0.1, 0.15) is 36.8 Å². The van der Waals surface area contributed by atoms with Gasteiger partial charge in [-0.25, -0.2) is 10.4 Å². The lowest BCUT2D eigenvalue weighted by atomic mass is 10.1. The average Bonchev–Trinajstić information content (AvgIpc) is 2.82. The third-order valence-electron chi connectivity index (χ3n) is 4.61. The first-order valence-corrected chi connectivity index (χ1v) is 11.1. The quantitative estimate of drug-likeness (QED) is 0.227. The zero-order valence-corrected chi connectivity index (χ0v) is 19.3. The van der Waals surface area contributed by atoms with Crippen molar-refractivity contribution in [1.82, 2.24) is 9.97 Å². The second-order valence-electron chi connectivity index (χ2n) is 6.99. The Balaban J connectivity index is 1.74. The maximum absolute atomic E-state index is 12.4. The molecule has 166 valence electrons. The molecule has 0 atom stereocenters. The first-order chi connectivity index (χ1) is 16.1. The molecule has 0 saturated carbocycles. The number of nitrogens with zero attached hydrogens (tertiary/aromatic N) is 4. The monoisotopic (exact) mass is 504 g/mol. The summed E-state index contributed by atoms with van der Waals surface area (Å²) in [6.45, 7) is 0.534. The molecule has 0 aliphatic carbocycles. The molecule has 0 aliphatic heterocycles. The van der Waals surface area contributed by atoms with E-state index in [4.69, 9.17) is 10.00 Å². The van der Waals surface area contributed by atoms with Crippen LogP contribution in [0.3, 0.4) is 0 Å². The Morgan fingerprint density at radius 3 is 2.73 bits per heavy atom. The largest absolute Gasteiger partial charge is 0.493 e. The third kappa shape index (κ3) is 6.76. The first-order valence-electron chi connectivity index (χ1n) is 10.3. The van der Waals surface area contributed by atoms with Gasteiger partial charge in [-0.2, -0.15) is 15.6 Å². The molecular formula is C24H21BrN6O2. The fraction of sp³-hybridized carbons (Fsp3) is 0.208. The number of hydrogen-bond donors (Lipinski definition) is 2. The van der Waals surface area contributed by atoms with Gasteiger partial charge in [0.05, 0.1) is 24.6 Å². The number of nitriles is 2.